The van der Waals surface area contributed by atoms with Crippen molar-refractivity contribution in [1.82, 2.24) is 9.89 Å². The normalized spacial score (nSPS) is 9.00. The highest BCUT2D eigenvalue weighted by atomic mass is 16.2. The van der Waals surface area contributed by atoms with Gasteiger partial charge in [-0.1, -0.05) is 0 Å². The Kier molecular flexibility index (Phi) is 1.48. The molecule has 4 heteroatoms. The Morgan fingerprint density at radius 1 is 1.89 bits per heavy atom. The molecule has 1 amide bonds. The third-order valence-electron chi connectivity index (χ3n) is 0.728. The van der Waals surface area contributed by atoms with Gasteiger partial charge in [0.25, 0.3) is 0 Å². The summed E-state index contributed by atoms with van der Waals surface area (Å²) in [5.74, 6) is -0.146. The minimum atomic E-state index is -0.146. The van der Waals surface area contributed by atoms with Gasteiger partial charge >= 0.3 is 0 Å². The fourth-order valence-electron chi connectivity index (χ4n) is 0.456. The van der Waals surface area contributed by atoms with Crippen molar-refractivity contribution in [2.45, 2.75) is 6.92 Å². The van der Waals surface area contributed by atoms with Gasteiger partial charge in [0.2, 0.25) is 5.91 Å². The van der Waals surface area contributed by atoms with Gasteiger partial charge in [-0.3, -0.25) is 4.79 Å². The molecule has 1 N–H and O–H groups in total. The summed E-state index contributed by atoms with van der Waals surface area (Å²) in [6.07, 6.45) is 4.13. The van der Waals surface area contributed by atoms with Crippen LogP contribution in [0.1, 0.15) is 6.92 Å². The van der Waals surface area contributed by atoms with E-state index in [0.29, 0.717) is 0 Å². The molecule has 0 aliphatic carbocycles. The second-order valence-electron chi connectivity index (χ2n) is 1.56. The fraction of sp³-hybridized carbons (Fsp3) is 0.200. The van der Waals surface area contributed by atoms with Gasteiger partial charge < -0.3 is 0 Å². The quantitative estimate of drug-likeness (QED) is 0.562. The van der Waals surface area contributed by atoms with Crippen LogP contribution in [0.3, 0.4) is 0 Å². The van der Waals surface area contributed by atoms with Crippen LogP contribution in [0.5, 0.6) is 0 Å². The third-order valence-corrected chi connectivity index (χ3v) is 0.728. The topological polar surface area (TPSA) is 46.9 Å². The predicted molar refractivity (Wildman–Crippen MR) is 31.1 cm³/mol. The lowest BCUT2D eigenvalue weighted by atomic mass is 10.7. The molecule has 1 radical (unpaired) electrons. The number of rotatable bonds is 1. The molecule has 0 aliphatic rings. The first-order valence-electron chi connectivity index (χ1n) is 2.48. The molecule has 0 bridgehead atoms. The minimum absolute atomic E-state index is 0.146. The molecule has 0 atom stereocenters. The third kappa shape index (κ3) is 1.56. The average Bonchev–Trinajstić information content (AvgIpc) is 2.15. The average molecular weight is 124 g/mol. The number of hydrogen-bond acceptors (Lipinski definition) is 2. The van der Waals surface area contributed by atoms with Crippen molar-refractivity contribution >= 4 is 5.91 Å². The maximum absolute atomic E-state index is 10.3. The van der Waals surface area contributed by atoms with Crippen LogP contribution < -0.4 is 5.43 Å². The van der Waals surface area contributed by atoms with Gasteiger partial charge in [-0.05, 0) is 6.07 Å². The van der Waals surface area contributed by atoms with Crippen LogP contribution in [0.4, 0.5) is 0 Å². The highest BCUT2D eigenvalue weighted by Gasteiger charge is 1.89. The number of carbonyl (C=O) groups excluding carboxylic acids is 1. The zero-order valence-electron chi connectivity index (χ0n) is 4.96. The number of hydrogen-bond donors (Lipinski definition) is 1. The summed E-state index contributed by atoms with van der Waals surface area (Å²) < 4.78 is 0. The van der Waals surface area contributed by atoms with Crippen LogP contribution in [0.15, 0.2) is 12.3 Å². The number of aromatic nitrogens is 2. The van der Waals surface area contributed by atoms with Crippen molar-refractivity contribution in [2.75, 3.05) is 5.43 Å². The molecule has 0 aromatic carbocycles. The number of nitrogens with zero attached hydrogens (tertiary/aromatic N) is 2. The Bertz CT molecular complexity index is 192. The molecular weight excluding hydrogens is 118 g/mol. The lowest BCUT2D eigenvalue weighted by Gasteiger charge is -1.97. The van der Waals surface area contributed by atoms with E-state index in [1.807, 2.05) is 0 Å². The lowest BCUT2D eigenvalue weighted by molar-refractivity contribution is -0.115. The van der Waals surface area contributed by atoms with E-state index in [4.69, 9.17) is 0 Å². The minimum Gasteiger partial charge on any atom is -0.274 e. The van der Waals surface area contributed by atoms with E-state index in [0.717, 1.165) is 0 Å². The Labute approximate surface area is 52.5 Å². The van der Waals surface area contributed by atoms with Crippen molar-refractivity contribution in [3.8, 4) is 0 Å². The second kappa shape index (κ2) is 2.30. The first-order valence-corrected chi connectivity index (χ1v) is 2.48. The molecule has 4 nitrogen and oxygen atoms in total. The van der Waals surface area contributed by atoms with Crippen LogP contribution >= 0.6 is 0 Å². The Morgan fingerprint density at radius 3 is 3.11 bits per heavy atom. The Balaban J connectivity index is 2.58. The summed E-state index contributed by atoms with van der Waals surface area (Å²) in [5.41, 5.74) is 2.42. The summed E-state index contributed by atoms with van der Waals surface area (Å²) >= 11 is 0. The smallest absolute Gasteiger partial charge is 0.236 e. The van der Waals surface area contributed by atoms with E-state index >= 15 is 0 Å². The van der Waals surface area contributed by atoms with E-state index in [1.165, 1.54) is 11.7 Å². The Morgan fingerprint density at radius 2 is 2.67 bits per heavy atom. The van der Waals surface area contributed by atoms with E-state index < -0.39 is 0 Å². The number of carbonyl (C=O) groups is 1. The molecule has 9 heavy (non-hydrogen) atoms. The lowest BCUT2D eigenvalue weighted by Crippen LogP contribution is -2.19. The van der Waals surface area contributed by atoms with Crippen molar-refractivity contribution in [2.24, 2.45) is 0 Å². The van der Waals surface area contributed by atoms with Crippen LogP contribution in [-0.4, -0.2) is 15.8 Å². The summed E-state index contributed by atoms with van der Waals surface area (Å²) in [5, 5.41) is 3.62. The standard InChI is InChI=1S/C5H6N3O/c1-5(9)7-8-4-2-3-6-8/h2,4H,1H3,(H,7,9). The van der Waals surface area contributed by atoms with Gasteiger partial charge in [0.1, 0.15) is 6.20 Å². The maximum atomic E-state index is 10.3. The molecule has 0 spiro atoms. The molecule has 0 saturated heterocycles. The summed E-state index contributed by atoms with van der Waals surface area (Å²) in [6, 6.07) is 1.61. The highest BCUT2D eigenvalue weighted by Crippen LogP contribution is 1.76. The largest absolute Gasteiger partial charge is 0.274 e. The van der Waals surface area contributed by atoms with E-state index in [-0.39, 0.29) is 5.91 Å². The SMILES string of the molecule is CC(=O)Nn1cc[c]n1. The van der Waals surface area contributed by atoms with E-state index in [9.17, 15) is 4.79 Å². The molecule has 0 aliphatic heterocycles. The van der Waals surface area contributed by atoms with Gasteiger partial charge in [0.15, 0.2) is 0 Å². The molecular formula is C5H6N3O. The zero-order valence-corrected chi connectivity index (χ0v) is 4.96. The zero-order chi connectivity index (χ0) is 6.69. The molecule has 0 fully saturated rings. The van der Waals surface area contributed by atoms with Crippen molar-refractivity contribution in [1.29, 1.82) is 0 Å². The van der Waals surface area contributed by atoms with Crippen LogP contribution in [0, 0.1) is 6.20 Å². The van der Waals surface area contributed by atoms with E-state index in [2.05, 4.69) is 16.7 Å². The summed E-state index contributed by atoms with van der Waals surface area (Å²) in [7, 11) is 0. The van der Waals surface area contributed by atoms with Gasteiger partial charge in [-0.25, -0.2) is 5.43 Å². The Hall–Kier alpha value is -1.32. The maximum Gasteiger partial charge on any atom is 0.236 e. The molecule has 1 heterocycles. The van der Waals surface area contributed by atoms with Gasteiger partial charge in [0, 0.05) is 13.1 Å². The van der Waals surface area contributed by atoms with Gasteiger partial charge in [0.05, 0.1) is 0 Å². The van der Waals surface area contributed by atoms with Gasteiger partial charge in [-0.2, -0.15) is 9.89 Å². The predicted octanol–water partition coefficient (Wildman–Crippen LogP) is -0.227. The fourth-order valence-corrected chi connectivity index (χ4v) is 0.456. The molecule has 47 valence electrons. The van der Waals surface area contributed by atoms with E-state index in [1.54, 1.807) is 12.3 Å². The van der Waals surface area contributed by atoms with Crippen LogP contribution in [0.2, 0.25) is 0 Å². The number of amides is 1. The summed E-state index contributed by atoms with van der Waals surface area (Å²) in [4.78, 5) is 11.6. The van der Waals surface area contributed by atoms with Gasteiger partial charge in [-0.15, -0.1) is 0 Å². The summed E-state index contributed by atoms with van der Waals surface area (Å²) in [6.45, 7) is 1.42. The molecule has 1 rings (SSSR count). The monoisotopic (exact) mass is 124 g/mol. The van der Waals surface area contributed by atoms with Crippen LogP contribution in [0.25, 0.3) is 0 Å². The first-order chi connectivity index (χ1) is 4.29. The van der Waals surface area contributed by atoms with Crippen molar-refractivity contribution < 1.29 is 4.79 Å². The number of nitrogens with one attached hydrogen (secondary N) is 1. The molecule has 0 saturated carbocycles. The first kappa shape index (κ1) is 5.81. The van der Waals surface area contributed by atoms with Crippen molar-refractivity contribution in [3.05, 3.63) is 18.5 Å². The molecule has 0 unspecified atom stereocenters. The molecule has 1 aromatic heterocycles. The van der Waals surface area contributed by atoms with Crippen molar-refractivity contribution in [3.63, 3.8) is 0 Å². The van der Waals surface area contributed by atoms with Crippen LogP contribution in [-0.2, 0) is 4.79 Å². The highest BCUT2D eigenvalue weighted by molar-refractivity contribution is 5.80. The molecule has 1 aromatic rings. The second-order valence-corrected chi connectivity index (χ2v) is 1.56.